The Bertz CT molecular complexity index is 454. The lowest BCUT2D eigenvalue weighted by atomic mass is 10.1. The van der Waals surface area contributed by atoms with E-state index >= 15 is 0 Å². The van der Waals surface area contributed by atoms with E-state index in [2.05, 4.69) is 14.8 Å². The van der Waals surface area contributed by atoms with Crippen LogP contribution in [0.5, 0.6) is 0 Å². The molecule has 5 heteroatoms. The van der Waals surface area contributed by atoms with E-state index in [0.717, 1.165) is 28.8 Å². The first-order chi connectivity index (χ1) is 9.65. The summed E-state index contributed by atoms with van der Waals surface area (Å²) in [7, 11) is 0. The standard InChI is InChI=1S/C15H25N3OS/c1-11-14(12(2)19)20-15(16-11)18-9-6-13(10-18)17-7-4-3-5-8-17/h12-13,19H,3-10H2,1-2H3. The average molecular weight is 295 g/mol. The highest BCUT2D eigenvalue weighted by molar-refractivity contribution is 7.15. The second-order valence-electron chi connectivity index (χ2n) is 6.11. The molecule has 0 saturated carbocycles. The van der Waals surface area contributed by atoms with Crippen molar-refractivity contribution in [2.24, 2.45) is 0 Å². The van der Waals surface area contributed by atoms with Gasteiger partial charge in [0.1, 0.15) is 0 Å². The summed E-state index contributed by atoms with van der Waals surface area (Å²) in [6.45, 7) is 8.58. The summed E-state index contributed by atoms with van der Waals surface area (Å²) in [6.07, 6.45) is 4.97. The number of nitrogens with zero attached hydrogens (tertiary/aromatic N) is 3. The van der Waals surface area contributed by atoms with Crippen molar-refractivity contribution in [1.82, 2.24) is 9.88 Å². The number of rotatable bonds is 3. The number of piperidine rings is 1. The van der Waals surface area contributed by atoms with Gasteiger partial charge >= 0.3 is 0 Å². The van der Waals surface area contributed by atoms with E-state index in [9.17, 15) is 5.11 Å². The maximum atomic E-state index is 9.76. The lowest BCUT2D eigenvalue weighted by Crippen LogP contribution is -2.40. The molecule has 2 aliphatic rings. The Morgan fingerprint density at radius 2 is 2.00 bits per heavy atom. The zero-order valence-corrected chi connectivity index (χ0v) is 13.3. The van der Waals surface area contributed by atoms with Crippen molar-refractivity contribution >= 4 is 16.5 Å². The van der Waals surface area contributed by atoms with Crippen LogP contribution < -0.4 is 4.90 Å². The van der Waals surface area contributed by atoms with Crippen molar-refractivity contribution in [3.63, 3.8) is 0 Å². The third-order valence-corrected chi connectivity index (χ3v) is 5.93. The summed E-state index contributed by atoms with van der Waals surface area (Å²) in [5, 5.41) is 10.9. The Labute approximate surface area is 125 Å². The normalized spacial score (nSPS) is 26.1. The predicted molar refractivity (Wildman–Crippen MR) is 83.5 cm³/mol. The van der Waals surface area contributed by atoms with Gasteiger partial charge in [0.05, 0.1) is 16.7 Å². The van der Waals surface area contributed by atoms with Crippen molar-refractivity contribution in [3.05, 3.63) is 10.6 Å². The van der Waals surface area contributed by atoms with Crippen LogP contribution in [0.2, 0.25) is 0 Å². The van der Waals surface area contributed by atoms with E-state index in [0.29, 0.717) is 6.04 Å². The van der Waals surface area contributed by atoms with Gasteiger partial charge in [-0.15, -0.1) is 0 Å². The molecular weight excluding hydrogens is 270 g/mol. The van der Waals surface area contributed by atoms with E-state index < -0.39 is 6.10 Å². The van der Waals surface area contributed by atoms with Gasteiger partial charge in [0.25, 0.3) is 0 Å². The number of likely N-dealkylation sites (tertiary alicyclic amines) is 1. The summed E-state index contributed by atoms with van der Waals surface area (Å²) < 4.78 is 0. The third-order valence-electron chi connectivity index (χ3n) is 4.54. The Morgan fingerprint density at radius 1 is 1.25 bits per heavy atom. The molecule has 0 bridgehead atoms. The molecule has 3 heterocycles. The monoisotopic (exact) mass is 295 g/mol. The second-order valence-corrected chi connectivity index (χ2v) is 7.12. The summed E-state index contributed by atoms with van der Waals surface area (Å²) in [4.78, 5) is 10.7. The highest BCUT2D eigenvalue weighted by Crippen LogP contribution is 2.33. The summed E-state index contributed by atoms with van der Waals surface area (Å²) in [5.74, 6) is 0. The minimum absolute atomic E-state index is 0.401. The summed E-state index contributed by atoms with van der Waals surface area (Å²) in [5.41, 5.74) is 0.987. The van der Waals surface area contributed by atoms with E-state index in [1.165, 1.54) is 38.8 Å². The first kappa shape index (κ1) is 14.3. The highest BCUT2D eigenvalue weighted by atomic mass is 32.1. The number of hydrogen-bond acceptors (Lipinski definition) is 5. The minimum Gasteiger partial charge on any atom is -0.388 e. The van der Waals surface area contributed by atoms with Gasteiger partial charge in [-0.2, -0.15) is 0 Å². The molecule has 0 spiro atoms. The highest BCUT2D eigenvalue weighted by Gasteiger charge is 2.30. The molecule has 1 N–H and O–H groups in total. The van der Waals surface area contributed by atoms with Crippen LogP contribution in [0.25, 0.3) is 0 Å². The smallest absolute Gasteiger partial charge is 0.185 e. The minimum atomic E-state index is -0.401. The van der Waals surface area contributed by atoms with E-state index in [1.807, 2.05) is 13.8 Å². The van der Waals surface area contributed by atoms with Crippen molar-refractivity contribution in [2.75, 3.05) is 31.1 Å². The van der Waals surface area contributed by atoms with E-state index in [4.69, 9.17) is 0 Å². The molecule has 2 aliphatic heterocycles. The molecule has 4 nitrogen and oxygen atoms in total. The number of anilines is 1. The molecule has 2 saturated heterocycles. The maximum absolute atomic E-state index is 9.76. The molecule has 20 heavy (non-hydrogen) atoms. The molecule has 2 atom stereocenters. The number of aliphatic hydroxyl groups is 1. The van der Waals surface area contributed by atoms with Gasteiger partial charge in [0.2, 0.25) is 0 Å². The molecule has 3 rings (SSSR count). The molecule has 112 valence electrons. The first-order valence-corrected chi connectivity index (χ1v) is 8.61. The molecule has 1 aromatic rings. The first-order valence-electron chi connectivity index (χ1n) is 7.79. The van der Waals surface area contributed by atoms with Crippen molar-refractivity contribution < 1.29 is 5.11 Å². The Kier molecular flexibility index (Phi) is 4.29. The van der Waals surface area contributed by atoms with Gasteiger partial charge in [-0.3, -0.25) is 4.90 Å². The maximum Gasteiger partial charge on any atom is 0.185 e. The van der Waals surface area contributed by atoms with Gasteiger partial charge in [0, 0.05) is 19.1 Å². The van der Waals surface area contributed by atoms with Gasteiger partial charge in [-0.1, -0.05) is 17.8 Å². The van der Waals surface area contributed by atoms with Gasteiger partial charge < -0.3 is 10.0 Å². The predicted octanol–water partition coefficient (Wildman–Crippen LogP) is 2.57. The topological polar surface area (TPSA) is 39.6 Å². The Balaban J connectivity index is 1.66. The van der Waals surface area contributed by atoms with Gasteiger partial charge in [0.15, 0.2) is 5.13 Å². The Hall–Kier alpha value is -0.650. The van der Waals surface area contributed by atoms with Crippen LogP contribution in [-0.2, 0) is 0 Å². The van der Waals surface area contributed by atoms with Gasteiger partial charge in [-0.05, 0) is 46.2 Å². The number of aliphatic hydroxyl groups excluding tert-OH is 1. The van der Waals surface area contributed by atoms with Crippen LogP contribution in [0.1, 0.15) is 49.3 Å². The number of hydrogen-bond donors (Lipinski definition) is 1. The fraction of sp³-hybridized carbons (Fsp3) is 0.800. The average Bonchev–Trinajstić information content (AvgIpc) is 3.06. The zero-order valence-electron chi connectivity index (χ0n) is 12.5. The fourth-order valence-corrected chi connectivity index (χ4v) is 4.45. The molecular formula is C15H25N3OS. The molecule has 0 aliphatic carbocycles. The molecule has 0 radical (unpaired) electrons. The number of aryl methyl sites for hydroxylation is 1. The van der Waals surface area contributed by atoms with E-state index in [1.54, 1.807) is 11.3 Å². The lowest BCUT2D eigenvalue weighted by Gasteiger charge is -2.32. The van der Waals surface area contributed by atoms with Crippen LogP contribution in [0.4, 0.5) is 5.13 Å². The van der Waals surface area contributed by atoms with E-state index in [-0.39, 0.29) is 0 Å². The molecule has 0 amide bonds. The van der Waals surface area contributed by atoms with Crippen LogP contribution in [0, 0.1) is 6.92 Å². The largest absolute Gasteiger partial charge is 0.388 e. The SMILES string of the molecule is Cc1nc(N2CCC(N3CCCCC3)C2)sc1C(C)O. The van der Waals surface area contributed by atoms with Crippen LogP contribution in [0.15, 0.2) is 0 Å². The van der Waals surface area contributed by atoms with Crippen LogP contribution >= 0.6 is 11.3 Å². The number of thiazole rings is 1. The zero-order chi connectivity index (χ0) is 14.1. The number of aromatic nitrogens is 1. The lowest BCUT2D eigenvalue weighted by molar-refractivity contribution is 0.175. The van der Waals surface area contributed by atoms with Gasteiger partial charge in [-0.25, -0.2) is 4.98 Å². The van der Waals surface area contributed by atoms with Crippen molar-refractivity contribution in [1.29, 1.82) is 0 Å². The molecule has 2 fully saturated rings. The fourth-order valence-electron chi connectivity index (χ4n) is 3.41. The molecule has 2 unspecified atom stereocenters. The molecule has 0 aromatic carbocycles. The quantitative estimate of drug-likeness (QED) is 0.930. The summed E-state index contributed by atoms with van der Waals surface area (Å²) >= 11 is 1.66. The second kappa shape index (κ2) is 6.00. The van der Waals surface area contributed by atoms with Crippen molar-refractivity contribution in [3.8, 4) is 0 Å². The van der Waals surface area contributed by atoms with Crippen LogP contribution in [0.3, 0.4) is 0 Å². The summed E-state index contributed by atoms with van der Waals surface area (Å²) in [6, 6.07) is 0.703. The van der Waals surface area contributed by atoms with Crippen molar-refractivity contribution in [2.45, 2.75) is 51.7 Å². The third kappa shape index (κ3) is 2.85. The molecule has 1 aromatic heterocycles. The van der Waals surface area contributed by atoms with Crippen LogP contribution in [-0.4, -0.2) is 47.2 Å². The Morgan fingerprint density at radius 3 is 2.65 bits per heavy atom.